The third kappa shape index (κ3) is 3.97. The van der Waals surface area contributed by atoms with Crippen LogP contribution < -0.4 is 15.4 Å². The number of halogens is 1. The first-order valence-electron chi connectivity index (χ1n) is 6.66. The predicted octanol–water partition coefficient (Wildman–Crippen LogP) is 3.39. The van der Waals surface area contributed by atoms with Gasteiger partial charge in [-0.2, -0.15) is 0 Å². The van der Waals surface area contributed by atoms with Crippen LogP contribution in [0.1, 0.15) is 17.3 Å². The smallest absolute Gasteiger partial charge is 0.323 e. The Balaban J connectivity index is 2.20. The maximum absolute atomic E-state index is 12.8. The zero-order valence-electron chi connectivity index (χ0n) is 12.5. The van der Waals surface area contributed by atoms with Crippen molar-refractivity contribution in [1.82, 2.24) is 0 Å². The van der Waals surface area contributed by atoms with Crippen LogP contribution in [-0.4, -0.2) is 24.0 Å². The van der Waals surface area contributed by atoms with Crippen LogP contribution in [-0.2, 0) is 0 Å². The quantitative estimate of drug-likeness (QED) is 0.595. The van der Waals surface area contributed by atoms with Gasteiger partial charge in [0, 0.05) is 11.8 Å². The first-order chi connectivity index (χ1) is 10.9. The summed E-state index contributed by atoms with van der Waals surface area (Å²) in [4.78, 5) is 23.4. The molecular formula is C16H15FN2O4. The van der Waals surface area contributed by atoms with Gasteiger partial charge in [-0.3, -0.25) is 4.79 Å². The molecule has 2 aromatic carbocycles. The molecule has 0 saturated heterocycles. The molecule has 120 valence electrons. The topological polar surface area (TPSA) is 87.7 Å². The Morgan fingerprint density at radius 1 is 1.13 bits per heavy atom. The highest BCUT2D eigenvalue weighted by atomic mass is 19.1. The fraction of sp³-hybridized carbons (Fsp3) is 0.125. The lowest BCUT2D eigenvalue weighted by Gasteiger charge is -2.13. The number of urea groups is 1. The first kappa shape index (κ1) is 16.3. The number of amides is 2. The van der Waals surface area contributed by atoms with E-state index >= 15 is 0 Å². The second-order valence-electron chi connectivity index (χ2n) is 4.71. The largest absolute Gasteiger partial charge is 0.507 e. The minimum Gasteiger partial charge on any atom is -0.507 e. The summed E-state index contributed by atoms with van der Waals surface area (Å²) in [7, 11) is 1.37. The van der Waals surface area contributed by atoms with Gasteiger partial charge in [-0.15, -0.1) is 0 Å². The molecule has 0 heterocycles. The Morgan fingerprint density at radius 2 is 1.78 bits per heavy atom. The van der Waals surface area contributed by atoms with Gasteiger partial charge >= 0.3 is 6.03 Å². The van der Waals surface area contributed by atoms with E-state index in [9.17, 15) is 19.1 Å². The SMILES string of the molecule is COc1cc(O)c(C(C)=O)cc1NC(=O)Nc1ccc(F)cc1. The zero-order valence-corrected chi connectivity index (χ0v) is 12.5. The van der Waals surface area contributed by atoms with Crippen molar-refractivity contribution in [2.75, 3.05) is 17.7 Å². The van der Waals surface area contributed by atoms with Gasteiger partial charge in [-0.05, 0) is 37.3 Å². The second kappa shape index (κ2) is 6.78. The van der Waals surface area contributed by atoms with E-state index in [0.29, 0.717) is 5.69 Å². The van der Waals surface area contributed by atoms with E-state index in [4.69, 9.17) is 4.74 Å². The summed E-state index contributed by atoms with van der Waals surface area (Å²) in [6.45, 7) is 1.30. The lowest BCUT2D eigenvalue weighted by molar-refractivity contribution is 0.101. The van der Waals surface area contributed by atoms with E-state index in [-0.39, 0.29) is 28.5 Å². The number of ketones is 1. The summed E-state index contributed by atoms with van der Waals surface area (Å²) in [5, 5.41) is 14.8. The molecule has 0 aliphatic heterocycles. The molecule has 2 amide bonds. The van der Waals surface area contributed by atoms with Crippen LogP contribution in [0.15, 0.2) is 36.4 Å². The van der Waals surface area contributed by atoms with E-state index in [1.54, 1.807) is 0 Å². The van der Waals surface area contributed by atoms with Crippen LogP contribution in [0, 0.1) is 5.82 Å². The van der Waals surface area contributed by atoms with Crippen LogP contribution in [0.25, 0.3) is 0 Å². The molecule has 2 aromatic rings. The molecular weight excluding hydrogens is 303 g/mol. The van der Waals surface area contributed by atoms with Gasteiger partial charge in [0.25, 0.3) is 0 Å². The molecule has 2 rings (SSSR count). The monoisotopic (exact) mass is 318 g/mol. The molecule has 0 fully saturated rings. The third-order valence-electron chi connectivity index (χ3n) is 3.05. The number of hydrogen-bond donors (Lipinski definition) is 3. The summed E-state index contributed by atoms with van der Waals surface area (Å²) in [5.41, 5.74) is 0.673. The summed E-state index contributed by atoms with van der Waals surface area (Å²) in [5.74, 6) is -0.810. The number of anilines is 2. The molecule has 6 nitrogen and oxygen atoms in total. The maximum Gasteiger partial charge on any atom is 0.323 e. The normalized spacial score (nSPS) is 10.0. The fourth-order valence-corrected chi connectivity index (χ4v) is 1.94. The number of carbonyl (C=O) groups excluding carboxylic acids is 2. The van der Waals surface area contributed by atoms with Gasteiger partial charge < -0.3 is 20.5 Å². The highest BCUT2D eigenvalue weighted by Crippen LogP contribution is 2.32. The van der Waals surface area contributed by atoms with Crippen LogP contribution in [0.4, 0.5) is 20.6 Å². The summed E-state index contributed by atoms with van der Waals surface area (Å²) >= 11 is 0. The highest BCUT2D eigenvalue weighted by Gasteiger charge is 2.15. The highest BCUT2D eigenvalue weighted by molar-refractivity contribution is 6.03. The van der Waals surface area contributed by atoms with E-state index < -0.39 is 11.8 Å². The Labute approximate surface area is 131 Å². The molecule has 0 atom stereocenters. The van der Waals surface area contributed by atoms with Crippen LogP contribution in [0.5, 0.6) is 11.5 Å². The van der Waals surface area contributed by atoms with Crippen LogP contribution >= 0.6 is 0 Å². The summed E-state index contributed by atoms with van der Waals surface area (Å²) in [6.07, 6.45) is 0. The third-order valence-corrected chi connectivity index (χ3v) is 3.05. The maximum atomic E-state index is 12.8. The average molecular weight is 318 g/mol. The lowest BCUT2D eigenvalue weighted by atomic mass is 10.1. The molecule has 0 bridgehead atoms. The van der Waals surface area contributed by atoms with Crippen molar-refractivity contribution in [2.24, 2.45) is 0 Å². The van der Waals surface area contributed by atoms with Gasteiger partial charge in [0.2, 0.25) is 0 Å². The summed E-state index contributed by atoms with van der Waals surface area (Å²) < 4.78 is 17.9. The minimum atomic E-state index is -0.602. The van der Waals surface area contributed by atoms with Crippen molar-refractivity contribution in [1.29, 1.82) is 0 Å². The second-order valence-corrected chi connectivity index (χ2v) is 4.71. The van der Waals surface area contributed by atoms with Gasteiger partial charge in [0.1, 0.15) is 17.3 Å². The van der Waals surface area contributed by atoms with Crippen molar-refractivity contribution in [3.8, 4) is 11.5 Å². The Morgan fingerprint density at radius 3 is 2.35 bits per heavy atom. The molecule has 3 N–H and O–H groups in total. The Hall–Kier alpha value is -3.09. The van der Waals surface area contributed by atoms with Crippen molar-refractivity contribution in [3.05, 3.63) is 47.8 Å². The van der Waals surface area contributed by atoms with E-state index in [1.165, 1.54) is 50.4 Å². The van der Waals surface area contributed by atoms with Crippen LogP contribution in [0.3, 0.4) is 0 Å². The molecule has 0 aliphatic carbocycles. The molecule has 0 spiro atoms. The number of methoxy groups -OCH3 is 1. The standard InChI is InChI=1S/C16H15FN2O4/c1-9(20)12-7-13(15(23-2)8-14(12)21)19-16(22)18-11-5-3-10(17)4-6-11/h3-8,21H,1-2H3,(H2,18,19,22). The van der Waals surface area contributed by atoms with Crippen molar-refractivity contribution in [2.45, 2.75) is 6.92 Å². The predicted molar refractivity (Wildman–Crippen MR) is 83.7 cm³/mol. The van der Waals surface area contributed by atoms with Crippen molar-refractivity contribution < 1.29 is 23.8 Å². The molecule has 7 heteroatoms. The molecule has 0 aromatic heterocycles. The van der Waals surface area contributed by atoms with Crippen molar-refractivity contribution in [3.63, 3.8) is 0 Å². The minimum absolute atomic E-state index is 0.0582. The number of Topliss-reactive ketones (excluding diaryl/α,β-unsaturated/α-hetero) is 1. The molecule has 0 radical (unpaired) electrons. The first-order valence-corrected chi connectivity index (χ1v) is 6.66. The number of carbonyl (C=O) groups is 2. The fourth-order valence-electron chi connectivity index (χ4n) is 1.94. The van der Waals surface area contributed by atoms with Crippen LogP contribution in [0.2, 0.25) is 0 Å². The zero-order chi connectivity index (χ0) is 17.0. The lowest BCUT2D eigenvalue weighted by Crippen LogP contribution is -2.20. The van der Waals surface area contributed by atoms with Gasteiger partial charge in [-0.1, -0.05) is 0 Å². The van der Waals surface area contributed by atoms with E-state index in [1.807, 2.05) is 0 Å². The number of phenols is 1. The molecule has 0 aliphatic rings. The van der Waals surface area contributed by atoms with E-state index in [0.717, 1.165) is 0 Å². The molecule has 0 saturated carbocycles. The molecule has 0 unspecified atom stereocenters. The van der Waals surface area contributed by atoms with E-state index in [2.05, 4.69) is 10.6 Å². The number of rotatable bonds is 4. The van der Waals surface area contributed by atoms with Gasteiger partial charge in [0.05, 0.1) is 18.4 Å². The van der Waals surface area contributed by atoms with Crippen molar-refractivity contribution >= 4 is 23.2 Å². The summed E-state index contributed by atoms with van der Waals surface area (Å²) in [6, 6.07) is 7.20. The van der Waals surface area contributed by atoms with Gasteiger partial charge in [-0.25, -0.2) is 9.18 Å². The average Bonchev–Trinajstić information content (AvgIpc) is 2.50. The number of nitrogens with one attached hydrogen (secondary N) is 2. The number of benzene rings is 2. The molecule has 23 heavy (non-hydrogen) atoms. The number of aromatic hydroxyl groups is 1. The van der Waals surface area contributed by atoms with Gasteiger partial charge in [0.15, 0.2) is 5.78 Å². The number of phenolic OH excluding ortho intramolecular Hbond substituents is 1. The Kier molecular flexibility index (Phi) is 4.80. The number of ether oxygens (including phenoxy) is 1. The Bertz CT molecular complexity index is 744. The number of hydrogen-bond acceptors (Lipinski definition) is 4.